The molecule has 0 saturated carbocycles. The summed E-state index contributed by atoms with van der Waals surface area (Å²) in [6, 6.07) is 12.2. The third-order valence-corrected chi connectivity index (χ3v) is 3.41. The largest absolute Gasteiger partial charge is 0.494 e. The summed E-state index contributed by atoms with van der Waals surface area (Å²) in [5.41, 5.74) is 1.89. The van der Waals surface area contributed by atoms with Gasteiger partial charge in [-0.1, -0.05) is 29.8 Å². The highest BCUT2D eigenvalue weighted by Crippen LogP contribution is 2.29. The van der Waals surface area contributed by atoms with Crippen LogP contribution in [0.3, 0.4) is 0 Å². The molecule has 2 aromatic rings. The van der Waals surface area contributed by atoms with E-state index in [-0.39, 0.29) is 11.9 Å². The van der Waals surface area contributed by atoms with Crippen LogP contribution in [0.1, 0.15) is 24.1 Å². The molecule has 0 bridgehead atoms. The van der Waals surface area contributed by atoms with Gasteiger partial charge in [-0.15, -0.1) is 0 Å². The average molecular weight is 294 g/mol. The lowest BCUT2D eigenvalue weighted by molar-refractivity contribution is 0.340. The van der Waals surface area contributed by atoms with E-state index < -0.39 is 0 Å². The van der Waals surface area contributed by atoms with Gasteiger partial charge in [0.2, 0.25) is 0 Å². The van der Waals surface area contributed by atoms with Gasteiger partial charge in [0.1, 0.15) is 11.6 Å². The van der Waals surface area contributed by atoms with Gasteiger partial charge in [0.25, 0.3) is 0 Å². The number of rotatable bonds is 5. The van der Waals surface area contributed by atoms with Gasteiger partial charge in [0.15, 0.2) is 0 Å². The third kappa shape index (κ3) is 3.30. The maximum Gasteiger partial charge on any atom is 0.124 e. The lowest BCUT2D eigenvalue weighted by Crippen LogP contribution is -2.18. The number of halogens is 2. The molecule has 0 spiro atoms. The van der Waals surface area contributed by atoms with Gasteiger partial charge in [-0.2, -0.15) is 0 Å². The fraction of sp³-hybridized carbons (Fsp3) is 0.250. The van der Waals surface area contributed by atoms with Gasteiger partial charge >= 0.3 is 0 Å². The minimum absolute atomic E-state index is 0.0845. The van der Waals surface area contributed by atoms with Gasteiger partial charge in [-0.25, -0.2) is 4.39 Å². The molecule has 4 heteroatoms. The summed E-state index contributed by atoms with van der Waals surface area (Å²) in [6.45, 7) is 2.58. The van der Waals surface area contributed by atoms with E-state index in [1.807, 2.05) is 38.2 Å². The zero-order valence-corrected chi connectivity index (χ0v) is 12.2. The van der Waals surface area contributed by atoms with Crippen molar-refractivity contribution >= 4 is 11.6 Å². The van der Waals surface area contributed by atoms with Gasteiger partial charge in [-0.05, 0) is 49.4 Å². The molecule has 0 heterocycles. The van der Waals surface area contributed by atoms with Crippen molar-refractivity contribution in [3.8, 4) is 5.75 Å². The highest BCUT2D eigenvalue weighted by Gasteiger charge is 2.15. The lowest BCUT2D eigenvalue weighted by Gasteiger charge is -2.19. The first-order valence-electron chi connectivity index (χ1n) is 6.50. The van der Waals surface area contributed by atoms with Crippen molar-refractivity contribution in [3.63, 3.8) is 0 Å². The van der Waals surface area contributed by atoms with Gasteiger partial charge in [-0.3, -0.25) is 0 Å². The van der Waals surface area contributed by atoms with Gasteiger partial charge in [0.05, 0.1) is 12.6 Å². The molecule has 0 fully saturated rings. The number of hydrogen-bond acceptors (Lipinski definition) is 2. The molecule has 1 N–H and O–H groups in total. The average Bonchev–Trinajstić information content (AvgIpc) is 2.44. The van der Waals surface area contributed by atoms with E-state index in [1.54, 1.807) is 6.07 Å². The van der Waals surface area contributed by atoms with Crippen LogP contribution in [0.4, 0.5) is 4.39 Å². The minimum Gasteiger partial charge on any atom is -0.494 e. The van der Waals surface area contributed by atoms with Crippen molar-refractivity contribution in [2.75, 3.05) is 13.7 Å². The molecule has 2 aromatic carbocycles. The number of benzene rings is 2. The molecule has 1 atom stereocenters. The van der Waals surface area contributed by atoms with E-state index in [1.165, 1.54) is 12.1 Å². The summed E-state index contributed by atoms with van der Waals surface area (Å²) in [4.78, 5) is 0. The van der Waals surface area contributed by atoms with Crippen LogP contribution in [-0.2, 0) is 0 Å². The standard InChI is InChI=1S/C16H17ClFNO/c1-3-20-13-7-4-11(5-8-13)16(19-2)14-9-6-12(18)10-15(14)17/h4-10,16,19H,3H2,1-2H3. The van der Waals surface area contributed by atoms with Crippen molar-refractivity contribution in [2.24, 2.45) is 0 Å². The summed E-state index contributed by atoms with van der Waals surface area (Å²) in [7, 11) is 1.85. The quantitative estimate of drug-likeness (QED) is 0.892. The molecule has 2 rings (SSSR count). The Kier molecular flexibility index (Phi) is 4.99. The summed E-state index contributed by atoms with van der Waals surface area (Å²) in [6.07, 6.45) is 0. The van der Waals surface area contributed by atoms with Crippen LogP contribution in [0.15, 0.2) is 42.5 Å². The molecular formula is C16H17ClFNO. The van der Waals surface area contributed by atoms with Crippen molar-refractivity contribution in [3.05, 3.63) is 64.4 Å². The Labute approximate surface area is 123 Å². The third-order valence-electron chi connectivity index (χ3n) is 3.09. The molecule has 0 saturated heterocycles. The molecule has 0 amide bonds. The zero-order chi connectivity index (χ0) is 14.5. The first kappa shape index (κ1) is 14.8. The molecule has 0 aliphatic heterocycles. The van der Waals surface area contributed by atoms with E-state index >= 15 is 0 Å². The Morgan fingerprint density at radius 3 is 2.45 bits per heavy atom. The van der Waals surface area contributed by atoms with E-state index in [0.717, 1.165) is 16.9 Å². The van der Waals surface area contributed by atoms with Crippen molar-refractivity contribution in [1.29, 1.82) is 0 Å². The van der Waals surface area contributed by atoms with Crippen LogP contribution in [0, 0.1) is 5.82 Å². The maximum absolute atomic E-state index is 13.1. The van der Waals surface area contributed by atoms with Crippen LogP contribution in [0.5, 0.6) is 5.75 Å². The van der Waals surface area contributed by atoms with E-state index in [2.05, 4.69) is 5.32 Å². The Morgan fingerprint density at radius 1 is 1.20 bits per heavy atom. The van der Waals surface area contributed by atoms with Crippen LogP contribution < -0.4 is 10.1 Å². The molecule has 1 unspecified atom stereocenters. The second-order valence-electron chi connectivity index (χ2n) is 4.39. The fourth-order valence-corrected chi connectivity index (χ4v) is 2.44. The Balaban J connectivity index is 2.31. The number of hydrogen-bond donors (Lipinski definition) is 1. The van der Waals surface area contributed by atoms with Crippen LogP contribution >= 0.6 is 11.6 Å². The van der Waals surface area contributed by atoms with E-state index in [0.29, 0.717) is 11.6 Å². The van der Waals surface area contributed by atoms with Crippen LogP contribution in [-0.4, -0.2) is 13.7 Å². The van der Waals surface area contributed by atoms with Gasteiger partial charge in [0, 0.05) is 5.02 Å². The summed E-state index contributed by atoms with van der Waals surface area (Å²) >= 11 is 6.13. The second kappa shape index (κ2) is 6.73. The lowest BCUT2D eigenvalue weighted by atomic mass is 9.98. The number of ether oxygens (including phenoxy) is 1. The molecule has 106 valence electrons. The molecule has 0 aliphatic rings. The zero-order valence-electron chi connectivity index (χ0n) is 11.5. The molecular weight excluding hydrogens is 277 g/mol. The Morgan fingerprint density at radius 2 is 1.90 bits per heavy atom. The smallest absolute Gasteiger partial charge is 0.124 e. The highest BCUT2D eigenvalue weighted by molar-refractivity contribution is 6.31. The SMILES string of the molecule is CCOc1ccc(C(NC)c2ccc(F)cc2Cl)cc1. The minimum atomic E-state index is -0.333. The van der Waals surface area contributed by atoms with Crippen LogP contribution in [0.2, 0.25) is 5.02 Å². The van der Waals surface area contributed by atoms with Crippen LogP contribution in [0.25, 0.3) is 0 Å². The Bertz CT molecular complexity index is 571. The van der Waals surface area contributed by atoms with Crippen molar-refractivity contribution in [1.82, 2.24) is 5.32 Å². The molecule has 0 aliphatic carbocycles. The first-order valence-corrected chi connectivity index (χ1v) is 6.88. The number of nitrogens with one attached hydrogen (secondary N) is 1. The summed E-state index contributed by atoms with van der Waals surface area (Å²) in [5, 5.41) is 3.61. The molecule has 0 radical (unpaired) electrons. The first-order chi connectivity index (χ1) is 9.65. The predicted octanol–water partition coefficient (Wildman–Crippen LogP) is 4.19. The Hall–Kier alpha value is -1.58. The molecule has 0 aromatic heterocycles. The van der Waals surface area contributed by atoms with E-state index in [4.69, 9.17) is 16.3 Å². The maximum atomic E-state index is 13.1. The predicted molar refractivity (Wildman–Crippen MR) is 79.9 cm³/mol. The fourth-order valence-electron chi connectivity index (χ4n) is 2.16. The normalized spacial score (nSPS) is 12.2. The van der Waals surface area contributed by atoms with E-state index in [9.17, 15) is 4.39 Å². The topological polar surface area (TPSA) is 21.3 Å². The molecule has 2 nitrogen and oxygen atoms in total. The monoisotopic (exact) mass is 293 g/mol. The van der Waals surface area contributed by atoms with Crippen molar-refractivity contribution < 1.29 is 9.13 Å². The summed E-state index contributed by atoms with van der Waals surface area (Å²) < 4.78 is 18.6. The van der Waals surface area contributed by atoms with Crippen molar-refractivity contribution in [2.45, 2.75) is 13.0 Å². The summed E-state index contributed by atoms with van der Waals surface area (Å²) in [5.74, 6) is 0.497. The van der Waals surface area contributed by atoms with Gasteiger partial charge < -0.3 is 10.1 Å². The molecule has 20 heavy (non-hydrogen) atoms. The highest BCUT2D eigenvalue weighted by atomic mass is 35.5. The second-order valence-corrected chi connectivity index (χ2v) is 4.80.